The van der Waals surface area contributed by atoms with E-state index in [9.17, 15) is 4.91 Å². The number of hydrogen-bond donors (Lipinski definition) is 0. The number of nitroso groups, excluding NO2 is 1. The molecule has 88 valence electrons. The SMILES string of the molecule is C[C@H]1C[C@@]2(C)C[C@](C)(N=O)CC=C2OC1=S. The summed E-state index contributed by atoms with van der Waals surface area (Å²) in [6.07, 6.45) is 4.34. The highest BCUT2D eigenvalue weighted by Gasteiger charge is 2.47. The van der Waals surface area contributed by atoms with Crippen molar-refractivity contribution in [3.8, 4) is 0 Å². The summed E-state index contributed by atoms with van der Waals surface area (Å²) in [4.78, 5) is 10.9. The molecule has 4 heteroatoms. The third-order valence-electron chi connectivity index (χ3n) is 3.68. The lowest BCUT2D eigenvalue weighted by molar-refractivity contribution is 0.116. The molecule has 16 heavy (non-hydrogen) atoms. The largest absolute Gasteiger partial charge is 0.454 e. The Bertz CT molecular complexity index is 379. The van der Waals surface area contributed by atoms with E-state index in [4.69, 9.17) is 17.0 Å². The van der Waals surface area contributed by atoms with Gasteiger partial charge in [0.1, 0.15) is 11.3 Å². The maximum atomic E-state index is 10.9. The minimum atomic E-state index is -0.486. The molecule has 0 aromatic carbocycles. The fraction of sp³-hybridized carbons (Fsp3) is 0.750. The fourth-order valence-corrected chi connectivity index (χ4v) is 3.11. The molecule has 1 aliphatic heterocycles. The second-order valence-electron chi connectivity index (χ2n) is 5.62. The molecule has 1 fully saturated rings. The highest BCUT2D eigenvalue weighted by atomic mass is 32.1. The van der Waals surface area contributed by atoms with Crippen molar-refractivity contribution in [2.24, 2.45) is 16.5 Å². The molecule has 0 saturated carbocycles. The normalized spacial score (nSPS) is 43.1. The quantitative estimate of drug-likeness (QED) is 0.518. The third-order valence-corrected chi connectivity index (χ3v) is 4.17. The van der Waals surface area contributed by atoms with Gasteiger partial charge in [-0.25, -0.2) is 0 Å². The molecule has 0 spiro atoms. The van der Waals surface area contributed by atoms with Gasteiger partial charge in [0.25, 0.3) is 0 Å². The summed E-state index contributed by atoms with van der Waals surface area (Å²) in [6, 6.07) is 0. The summed E-state index contributed by atoms with van der Waals surface area (Å²) in [7, 11) is 0. The highest BCUT2D eigenvalue weighted by Crippen LogP contribution is 2.50. The van der Waals surface area contributed by atoms with Gasteiger partial charge in [0.2, 0.25) is 0 Å². The average molecular weight is 239 g/mol. The summed E-state index contributed by atoms with van der Waals surface area (Å²) >= 11 is 5.18. The van der Waals surface area contributed by atoms with Crippen molar-refractivity contribution in [2.45, 2.75) is 45.6 Å². The van der Waals surface area contributed by atoms with E-state index in [0.717, 1.165) is 18.6 Å². The smallest absolute Gasteiger partial charge is 0.169 e. The number of hydrogen-bond acceptors (Lipinski definition) is 4. The van der Waals surface area contributed by atoms with Gasteiger partial charge in [-0.15, -0.1) is 0 Å². The average Bonchev–Trinajstić information content (AvgIpc) is 2.20. The molecular weight excluding hydrogens is 222 g/mol. The number of ether oxygens (including phenoxy) is 1. The molecule has 0 unspecified atom stereocenters. The maximum absolute atomic E-state index is 10.9. The Morgan fingerprint density at radius 3 is 2.88 bits per heavy atom. The summed E-state index contributed by atoms with van der Waals surface area (Å²) in [6.45, 7) is 6.13. The number of nitrogens with zero attached hydrogens (tertiary/aromatic N) is 1. The molecule has 3 atom stereocenters. The first-order chi connectivity index (χ1) is 7.38. The van der Waals surface area contributed by atoms with E-state index in [1.807, 2.05) is 13.0 Å². The molecule has 0 N–H and O–H groups in total. The van der Waals surface area contributed by atoms with Crippen molar-refractivity contribution < 1.29 is 4.74 Å². The van der Waals surface area contributed by atoms with E-state index in [2.05, 4.69) is 19.0 Å². The van der Waals surface area contributed by atoms with Crippen LogP contribution >= 0.6 is 12.2 Å². The van der Waals surface area contributed by atoms with Gasteiger partial charge in [-0.05, 0) is 44.5 Å². The van der Waals surface area contributed by atoms with Crippen LogP contribution in [-0.4, -0.2) is 10.6 Å². The van der Waals surface area contributed by atoms with Gasteiger partial charge in [-0.3, -0.25) is 0 Å². The molecule has 2 aliphatic rings. The van der Waals surface area contributed by atoms with Crippen molar-refractivity contribution in [3.63, 3.8) is 0 Å². The van der Waals surface area contributed by atoms with Gasteiger partial charge in [-0.2, -0.15) is 4.91 Å². The predicted molar refractivity (Wildman–Crippen MR) is 67.1 cm³/mol. The Balaban J connectivity index is 2.33. The molecule has 3 nitrogen and oxygen atoms in total. The van der Waals surface area contributed by atoms with E-state index in [1.165, 1.54) is 0 Å². The van der Waals surface area contributed by atoms with Gasteiger partial charge < -0.3 is 4.74 Å². The molecular formula is C12H17NO2S. The fourth-order valence-electron chi connectivity index (χ4n) is 2.93. The Kier molecular flexibility index (Phi) is 2.65. The highest BCUT2D eigenvalue weighted by molar-refractivity contribution is 7.80. The summed E-state index contributed by atoms with van der Waals surface area (Å²) in [5.41, 5.74) is -0.567. The zero-order valence-corrected chi connectivity index (χ0v) is 10.8. The lowest BCUT2D eigenvalue weighted by Gasteiger charge is -2.45. The topological polar surface area (TPSA) is 38.7 Å². The molecule has 1 heterocycles. The van der Waals surface area contributed by atoms with Gasteiger partial charge in [0, 0.05) is 11.3 Å². The molecule has 0 radical (unpaired) electrons. The van der Waals surface area contributed by atoms with E-state index in [0.29, 0.717) is 11.5 Å². The van der Waals surface area contributed by atoms with E-state index >= 15 is 0 Å². The summed E-state index contributed by atoms with van der Waals surface area (Å²) in [5, 5.41) is 3.95. The first kappa shape index (κ1) is 11.7. The molecule has 0 aromatic heterocycles. The Labute approximate surface area is 101 Å². The number of rotatable bonds is 1. The summed E-state index contributed by atoms with van der Waals surface area (Å²) in [5.74, 6) is 1.21. The minimum absolute atomic E-state index is 0.0807. The molecule has 0 bridgehead atoms. The predicted octanol–water partition coefficient (Wildman–Crippen LogP) is 3.58. The second-order valence-corrected chi connectivity index (χ2v) is 6.03. The van der Waals surface area contributed by atoms with Gasteiger partial charge in [-0.1, -0.05) is 19.0 Å². The summed E-state index contributed by atoms with van der Waals surface area (Å²) < 4.78 is 5.69. The van der Waals surface area contributed by atoms with Crippen molar-refractivity contribution in [1.29, 1.82) is 0 Å². The van der Waals surface area contributed by atoms with E-state index in [1.54, 1.807) is 0 Å². The van der Waals surface area contributed by atoms with Crippen LogP contribution in [0.5, 0.6) is 0 Å². The lowest BCUT2D eigenvalue weighted by Crippen LogP contribution is -2.42. The second kappa shape index (κ2) is 3.62. The monoisotopic (exact) mass is 239 g/mol. The first-order valence-electron chi connectivity index (χ1n) is 5.65. The van der Waals surface area contributed by atoms with Gasteiger partial charge >= 0.3 is 0 Å². The van der Waals surface area contributed by atoms with Crippen LogP contribution in [0.3, 0.4) is 0 Å². The van der Waals surface area contributed by atoms with E-state index < -0.39 is 5.54 Å². The molecule has 0 amide bonds. The zero-order chi connectivity index (χ0) is 12.0. The van der Waals surface area contributed by atoms with Gasteiger partial charge in [0.05, 0.1) is 0 Å². The van der Waals surface area contributed by atoms with Crippen LogP contribution in [0, 0.1) is 16.2 Å². The zero-order valence-electron chi connectivity index (χ0n) is 9.95. The lowest BCUT2D eigenvalue weighted by atomic mass is 9.66. The van der Waals surface area contributed by atoms with Crippen LogP contribution in [0.1, 0.15) is 40.0 Å². The van der Waals surface area contributed by atoms with Crippen LogP contribution in [0.25, 0.3) is 0 Å². The molecule has 2 rings (SSSR count). The molecule has 0 aromatic rings. The number of thiocarbonyl (C=S) groups is 1. The number of fused-ring (bicyclic) bond motifs is 1. The van der Waals surface area contributed by atoms with Crippen molar-refractivity contribution in [3.05, 3.63) is 16.7 Å². The maximum Gasteiger partial charge on any atom is 0.169 e. The van der Waals surface area contributed by atoms with Crippen molar-refractivity contribution in [2.75, 3.05) is 0 Å². The Morgan fingerprint density at radius 2 is 2.25 bits per heavy atom. The Hall–Kier alpha value is -0.770. The van der Waals surface area contributed by atoms with Crippen LogP contribution in [0.4, 0.5) is 0 Å². The third kappa shape index (κ3) is 1.79. The molecule has 1 aliphatic carbocycles. The molecule has 1 saturated heterocycles. The van der Waals surface area contributed by atoms with Crippen LogP contribution < -0.4 is 0 Å². The van der Waals surface area contributed by atoms with Crippen LogP contribution in [-0.2, 0) is 4.74 Å². The van der Waals surface area contributed by atoms with Gasteiger partial charge in [0.15, 0.2) is 5.05 Å². The van der Waals surface area contributed by atoms with Crippen molar-refractivity contribution >= 4 is 17.3 Å². The minimum Gasteiger partial charge on any atom is -0.454 e. The first-order valence-corrected chi connectivity index (χ1v) is 6.06. The van der Waals surface area contributed by atoms with Crippen molar-refractivity contribution in [1.82, 2.24) is 0 Å². The standard InChI is InChI=1S/C12H17NO2S/c1-8-6-11(2)7-12(3,13-14)5-4-9(11)15-10(8)16/h4,8H,5-7H2,1-3H3/t8-,11-,12+/m0/s1. The van der Waals surface area contributed by atoms with Crippen LogP contribution in [0.2, 0.25) is 0 Å². The Morgan fingerprint density at radius 1 is 1.56 bits per heavy atom. The van der Waals surface area contributed by atoms with Crippen LogP contribution in [0.15, 0.2) is 17.0 Å². The van der Waals surface area contributed by atoms with E-state index in [-0.39, 0.29) is 11.3 Å². The number of allylic oxidation sites excluding steroid dienone is 1.